The molecule has 0 unspecified atom stereocenters. The Labute approximate surface area is 128 Å². The first-order valence-electron chi connectivity index (χ1n) is 6.66. The van der Waals surface area contributed by atoms with Crippen molar-refractivity contribution in [1.82, 2.24) is 15.3 Å². The van der Waals surface area contributed by atoms with E-state index in [1.165, 1.54) is 6.33 Å². The van der Waals surface area contributed by atoms with Crippen molar-refractivity contribution >= 4 is 23.3 Å². The summed E-state index contributed by atoms with van der Waals surface area (Å²) >= 11 is 6.05. The van der Waals surface area contributed by atoms with Gasteiger partial charge in [0.2, 0.25) is 0 Å². The maximum Gasteiger partial charge on any atom is 0.270 e. The highest BCUT2D eigenvalue weighted by Crippen LogP contribution is 2.14. The summed E-state index contributed by atoms with van der Waals surface area (Å²) in [6.45, 7) is 4.36. The quantitative estimate of drug-likeness (QED) is 0.891. The Balaban J connectivity index is 2.02. The molecule has 6 heteroatoms. The maximum absolute atomic E-state index is 12.1. The highest BCUT2D eigenvalue weighted by atomic mass is 35.5. The molecule has 1 aromatic heterocycles. The smallest absolute Gasteiger partial charge is 0.270 e. The molecule has 0 aliphatic rings. The minimum absolute atomic E-state index is 0.235. The van der Waals surface area contributed by atoms with Gasteiger partial charge >= 0.3 is 0 Å². The zero-order chi connectivity index (χ0) is 15.2. The molecule has 1 heterocycles. The van der Waals surface area contributed by atoms with Gasteiger partial charge in [0.05, 0.1) is 0 Å². The van der Waals surface area contributed by atoms with Gasteiger partial charge in [0.25, 0.3) is 5.91 Å². The van der Waals surface area contributed by atoms with E-state index in [-0.39, 0.29) is 11.9 Å². The highest BCUT2D eigenvalue weighted by Gasteiger charge is 2.09. The van der Waals surface area contributed by atoms with Crippen LogP contribution in [0.4, 0.5) is 5.82 Å². The van der Waals surface area contributed by atoms with Crippen molar-refractivity contribution in [3.8, 4) is 0 Å². The molecule has 1 aromatic carbocycles. The van der Waals surface area contributed by atoms with E-state index in [9.17, 15) is 4.79 Å². The molecule has 0 saturated carbocycles. The number of nitrogens with one attached hydrogen (secondary N) is 2. The Hall–Kier alpha value is -2.14. The lowest BCUT2D eigenvalue weighted by Gasteiger charge is -2.10. The summed E-state index contributed by atoms with van der Waals surface area (Å²) in [5.41, 5.74) is 1.18. The molecule has 5 nitrogen and oxygen atoms in total. The molecule has 2 N–H and O–H groups in total. The number of aromatic nitrogens is 2. The largest absolute Gasteiger partial charge is 0.368 e. The van der Waals surface area contributed by atoms with Crippen molar-refractivity contribution in [2.75, 3.05) is 5.32 Å². The second-order valence-electron chi connectivity index (χ2n) is 4.86. The SMILES string of the molecule is CC(C)Nc1cc(C(=O)NCc2ccccc2Cl)ncn1. The standard InChI is InChI=1S/C15H17ClN4O/c1-10(2)20-14-7-13(18-9-19-14)15(21)17-8-11-5-3-4-6-12(11)16/h3-7,9-10H,8H2,1-2H3,(H,17,21)(H,18,19,20). The van der Waals surface area contributed by atoms with E-state index >= 15 is 0 Å². The minimum atomic E-state index is -0.260. The van der Waals surface area contributed by atoms with Crippen molar-refractivity contribution in [3.05, 3.63) is 52.9 Å². The van der Waals surface area contributed by atoms with Crippen LogP contribution in [0, 0.1) is 0 Å². The summed E-state index contributed by atoms with van der Waals surface area (Å²) in [6.07, 6.45) is 1.37. The van der Waals surface area contributed by atoms with Gasteiger partial charge in [-0.05, 0) is 25.5 Å². The molecule has 0 fully saturated rings. The van der Waals surface area contributed by atoms with E-state index in [1.807, 2.05) is 32.0 Å². The van der Waals surface area contributed by atoms with Gasteiger partial charge < -0.3 is 10.6 Å². The number of carbonyl (C=O) groups is 1. The van der Waals surface area contributed by atoms with Crippen LogP contribution in [0.5, 0.6) is 0 Å². The molecule has 0 atom stereocenters. The molecule has 21 heavy (non-hydrogen) atoms. The van der Waals surface area contributed by atoms with Gasteiger partial charge in [-0.25, -0.2) is 9.97 Å². The predicted octanol–water partition coefficient (Wildman–Crippen LogP) is 2.88. The minimum Gasteiger partial charge on any atom is -0.368 e. The van der Waals surface area contributed by atoms with Crippen LogP contribution in [0.1, 0.15) is 29.9 Å². The number of hydrogen-bond donors (Lipinski definition) is 2. The molecule has 110 valence electrons. The molecular formula is C15H17ClN4O. The van der Waals surface area contributed by atoms with Gasteiger partial charge in [0, 0.05) is 23.7 Å². The van der Waals surface area contributed by atoms with Gasteiger partial charge in [0.1, 0.15) is 17.8 Å². The number of rotatable bonds is 5. The lowest BCUT2D eigenvalue weighted by atomic mass is 10.2. The Morgan fingerprint density at radius 1 is 1.29 bits per heavy atom. The lowest BCUT2D eigenvalue weighted by molar-refractivity contribution is 0.0946. The average molecular weight is 305 g/mol. The van der Waals surface area contributed by atoms with Crippen LogP contribution in [0.3, 0.4) is 0 Å². The fraction of sp³-hybridized carbons (Fsp3) is 0.267. The molecule has 0 saturated heterocycles. The molecule has 0 radical (unpaired) electrons. The van der Waals surface area contributed by atoms with Gasteiger partial charge in [0.15, 0.2) is 0 Å². The number of benzene rings is 1. The molecule has 0 bridgehead atoms. The number of halogens is 1. The molecule has 0 spiro atoms. The molecule has 2 aromatic rings. The van der Waals surface area contributed by atoms with E-state index in [2.05, 4.69) is 20.6 Å². The normalized spacial score (nSPS) is 10.5. The first-order valence-corrected chi connectivity index (χ1v) is 7.04. The van der Waals surface area contributed by atoms with E-state index in [4.69, 9.17) is 11.6 Å². The van der Waals surface area contributed by atoms with Crippen LogP contribution in [-0.4, -0.2) is 21.9 Å². The van der Waals surface area contributed by atoms with Crippen molar-refractivity contribution in [3.63, 3.8) is 0 Å². The Morgan fingerprint density at radius 2 is 2.05 bits per heavy atom. The molecule has 0 aliphatic heterocycles. The second-order valence-corrected chi connectivity index (χ2v) is 5.27. The Kier molecular flexibility index (Phi) is 5.11. The van der Waals surface area contributed by atoms with E-state index < -0.39 is 0 Å². The van der Waals surface area contributed by atoms with Crippen LogP contribution >= 0.6 is 11.6 Å². The Morgan fingerprint density at radius 3 is 2.76 bits per heavy atom. The average Bonchev–Trinajstić information content (AvgIpc) is 2.45. The van der Waals surface area contributed by atoms with Crippen LogP contribution < -0.4 is 10.6 Å². The third-order valence-electron chi connectivity index (χ3n) is 2.73. The number of amides is 1. The summed E-state index contributed by atoms with van der Waals surface area (Å²) in [4.78, 5) is 20.2. The van der Waals surface area contributed by atoms with Crippen LogP contribution in [0.2, 0.25) is 5.02 Å². The van der Waals surface area contributed by atoms with E-state index in [0.717, 1.165) is 5.56 Å². The molecule has 0 aliphatic carbocycles. The Bertz CT molecular complexity index is 631. The van der Waals surface area contributed by atoms with Gasteiger partial charge in [-0.2, -0.15) is 0 Å². The second kappa shape index (κ2) is 7.04. The first-order chi connectivity index (χ1) is 10.1. The van der Waals surface area contributed by atoms with Crippen LogP contribution in [0.15, 0.2) is 36.7 Å². The molecule has 2 rings (SSSR count). The highest BCUT2D eigenvalue weighted by molar-refractivity contribution is 6.31. The van der Waals surface area contributed by atoms with Crippen molar-refractivity contribution < 1.29 is 4.79 Å². The third kappa shape index (κ3) is 4.43. The number of nitrogens with zero attached hydrogens (tertiary/aromatic N) is 2. The summed E-state index contributed by atoms with van der Waals surface area (Å²) in [5, 5.41) is 6.55. The van der Waals surface area contributed by atoms with Gasteiger partial charge in [-0.3, -0.25) is 4.79 Å². The summed E-state index contributed by atoms with van der Waals surface area (Å²) < 4.78 is 0. The topological polar surface area (TPSA) is 66.9 Å². The fourth-order valence-corrected chi connectivity index (χ4v) is 1.97. The monoisotopic (exact) mass is 304 g/mol. The molecular weight excluding hydrogens is 288 g/mol. The summed E-state index contributed by atoms with van der Waals surface area (Å²) in [7, 11) is 0. The summed E-state index contributed by atoms with van der Waals surface area (Å²) in [5.74, 6) is 0.368. The number of carbonyl (C=O) groups excluding carboxylic acids is 1. The van der Waals surface area contributed by atoms with Crippen LogP contribution in [-0.2, 0) is 6.54 Å². The maximum atomic E-state index is 12.1. The third-order valence-corrected chi connectivity index (χ3v) is 3.10. The first kappa shape index (κ1) is 15.3. The van der Waals surface area contributed by atoms with Gasteiger partial charge in [-0.15, -0.1) is 0 Å². The number of hydrogen-bond acceptors (Lipinski definition) is 4. The number of anilines is 1. The predicted molar refractivity (Wildman–Crippen MR) is 83.4 cm³/mol. The van der Waals surface area contributed by atoms with Crippen LogP contribution in [0.25, 0.3) is 0 Å². The summed E-state index contributed by atoms with van der Waals surface area (Å²) in [6, 6.07) is 9.25. The molecule has 1 amide bonds. The van der Waals surface area contributed by atoms with Crippen molar-refractivity contribution in [1.29, 1.82) is 0 Å². The van der Waals surface area contributed by atoms with Crippen molar-refractivity contribution in [2.45, 2.75) is 26.4 Å². The fourth-order valence-electron chi connectivity index (χ4n) is 1.76. The lowest BCUT2D eigenvalue weighted by Crippen LogP contribution is -2.24. The zero-order valence-corrected chi connectivity index (χ0v) is 12.7. The van der Waals surface area contributed by atoms with Crippen molar-refractivity contribution in [2.24, 2.45) is 0 Å². The van der Waals surface area contributed by atoms with E-state index in [0.29, 0.717) is 23.1 Å². The zero-order valence-electron chi connectivity index (χ0n) is 11.9. The van der Waals surface area contributed by atoms with E-state index in [1.54, 1.807) is 12.1 Å². The van der Waals surface area contributed by atoms with Gasteiger partial charge in [-0.1, -0.05) is 29.8 Å².